The summed E-state index contributed by atoms with van der Waals surface area (Å²) in [6, 6.07) is 0.300. The molecule has 0 N–H and O–H groups in total. The van der Waals surface area contributed by atoms with E-state index in [-0.39, 0.29) is 4.83 Å². The van der Waals surface area contributed by atoms with Crippen LogP contribution in [0.1, 0.15) is 0 Å². The summed E-state index contributed by atoms with van der Waals surface area (Å²) >= 11 is 9.55. The minimum atomic E-state index is 0.203. The minimum absolute atomic E-state index is 0.203. The molecule has 1 atom stereocenters. The molecule has 7 heteroatoms. The van der Waals surface area contributed by atoms with Gasteiger partial charge in [0, 0.05) is 20.7 Å². The Balaban J connectivity index is 2.76. The molecule has 96 valence electrons. The van der Waals surface area contributed by atoms with Crippen molar-refractivity contribution < 1.29 is 9.47 Å². The Bertz CT molecular complexity index is 367. The normalized spacial score (nSPS) is 12.3. The fourth-order valence-corrected chi connectivity index (χ4v) is 2.26. The number of aromatic nitrogens is 2. The molecular weight excluding hydrogens is 309 g/mol. The number of alkyl halides is 1. The van der Waals surface area contributed by atoms with Crippen molar-refractivity contribution in [3.63, 3.8) is 0 Å². The van der Waals surface area contributed by atoms with Crippen LogP contribution in [-0.4, -0.2) is 49.2 Å². The molecule has 0 spiro atoms. The van der Waals surface area contributed by atoms with E-state index in [9.17, 15) is 0 Å². The Kier molecular flexibility index (Phi) is 5.94. The average molecular weight is 325 g/mol. The standard InChI is InChI=1S/C10H15BrClN3O2/c1-15(5-7(11)6-16-2)9-8(12)4-13-10(14-9)17-3/h4,7H,5-6H2,1-3H3. The van der Waals surface area contributed by atoms with Gasteiger partial charge in [0.15, 0.2) is 5.82 Å². The third-order valence-corrected chi connectivity index (χ3v) is 2.89. The highest BCUT2D eigenvalue weighted by Gasteiger charge is 2.14. The van der Waals surface area contributed by atoms with Gasteiger partial charge in [-0.2, -0.15) is 4.98 Å². The molecule has 0 amide bonds. The fourth-order valence-electron chi connectivity index (χ4n) is 1.33. The van der Waals surface area contributed by atoms with Gasteiger partial charge in [-0.15, -0.1) is 0 Å². The van der Waals surface area contributed by atoms with E-state index in [2.05, 4.69) is 25.9 Å². The molecular formula is C10H15BrClN3O2. The van der Waals surface area contributed by atoms with Crippen LogP contribution in [0.15, 0.2) is 6.20 Å². The summed E-state index contributed by atoms with van der Waals surface area (Å²) in [6.45, 7) is 1.33. The summed E-state index contributed by atoms with van der Waals surface area (Å²) in [5.74, 6) is 0.638. The van der Waals surface area contributed by atoms with Crippen molar-refractivity contribution in [2.75, 3.05) is 39.3 Å². The van der Waals surface area contributed by atoms with E-state index >= 15 is 0 Å². The zero-order valence-electron chi connectivity index (χ0n) is 9.98. The van der Waals surface area contributed by atoms with E-state index in [1.54, 1.807) is 7.11 Å². The van der Waals surface area contributed by atoms with Crippen LogP contribution in [0.5, 0.6) is 6.01 Å². The molecule has 1 rings (SSSR count). The van der Waals surface area contributed by atoms with Gasteiger partial charge in [-0.25, -0.2) is 4.98 Å². The molecule has 0 saturated carbocycles. The number of nitrogens with zero attached hydrogens (tertiary/aromatic N) is 3. The molecule has 17 heavy (non-hydrogen) atoms. The van der Waals surface area contributed by atoms with Gasteiger partial charge in [-0.1, -0.05) is 27.5 Å². The first-order valence-corrected chi connectivity index (χ1v) is 6.28. The predicted octanol–water partition coefficient (Wildman–Crippen LogP) is 1.98. The highest BCUT2D eigenvalue weighted by molar-refractivity contribution is 9.09. The van der Waals surface area contributed by atoms with Gasteiger partial charge in [0.1, 0.15) is 5.02 Å². The molecule has 1 aromatic heterocycles. The molecule has 0 bridgehead atoms. The number of methoxy groups -OCH3 is 2. The summed E-state index contributed by atoms with van der Waals surface area (Å²) in [4.78, 5) is 10.3. The van der Waals surface area contributed by atoms with Gasteiger partial charge in [-0.05, 0) is 0 Å². The first-order chi connectivity index (χ1) is 8.08. The maximum atomic E-state index is 6.04. The topological polar surface area (TPSA) is 47.5 Å². The van der Waals surface area contributed by atoms with Crippen LogP contribution in [-0.2, 0) is 4.74 Å². The lowest BCUT2D eigenvalue weighted by Gasteiger charge is -2.22. The van der Waals surface area contributed by atoms with Gasteiger partial charge in [0.25, 0.3) is 0 Å². The van der Waals surface area contributed by atoms with Crippen molar-refractivity contribution in [3.05, 3.63) is 11.2 Å². The summed E-state index contributed by atoms with van der Waals surface area (Å²) < 4.78 is 10.0. The number of anilines is 1. The summed E-state index contributed by atoms with van der Waals surface area (Å²) in [5.41, 5.74) is 0. The predicted molar refractivity (Wildman–Crippen MR) is 71.5 cm³/mol. The third-order valence-electron chi connectivity index (χ3n) is 2.07. The second kappa shape index (κ2) is 6.98. The van der Waals surface area contributed by atoms with Crippen LogP contribution in [0.2, 0.25) is 5.02 Å². The largest absolute Gasteiger partial charge is 0.467 e. The van der Waals surface area contributed by atoms with Crippen LogP contribution in [0.4, 0.5) is 5.82 Å². The fraction of sp³-hybridized carbons (Fsp3) is 0.600. The van der Waals surface area contributed by atoms with Crippen molar-refractivity contribution >= 4 is 33.3 Å². The van der Waals surface area contributed by atoms with Crippen LogP contribution in [0.25, 0.3) is 0 Å². The van der Waals surface area contributed by atoms with Crippen molar-refractivity contribution in [1.29, 1.82) is 0 Å². The van der Waals surface area contributed by atoms with E-state index in [0.717, 1.165) is 0 Å². The average Bonchev–Trinajstić information content (AvgIpc) is 2.29. The number of ether oxygens (including phenoxy) is 2. The van der Waals surface area contributed by atoms with Gasteiger partial charge >= 0.3 is 6.01 Å². The van der Waals surface area contributed by atoms with Crippen LogP contribution < -0.4 is 9.64 Å². The van der Waals surface area contributed by atoms with E-state index in [1.807, 2.05) is 11.9 Å². The minimum Gasteiger partial charge on any atom is -0.467 e. The Morgan fingerprint density at radius 2 is 2.24 bits per heavy atom. The van der Waals surface area contributed by atoms with Crippen molar-refractivity contribution in [2.24, 2.45) is 0 Å². The maximum Gasteiger partial charge on any atom is 0.318 e. The monoisotopic (exact) mass is 323 g/mol. The lowest BCUT2D eigenvalue weighted by atomic mass is 10.4. The molecule has 0 fully saturated rings. The first kappa shape index (κ1) is 14.5. The molecule has 0 radical (unpaired) electrons. The SMILES string of the molecule is COCC(Br)CN(C)c1nc(OC)ncc1Cl. The molecule has 0 aromatic carbocycles. The summed E-state index contributed by atoms with van der Waals surface area (Å²) in [6.07, 6.45) is 1.53. The Hall–Kier alpha value is -0.590. The Labute approximate surface area is 114 Å². The molecule has 0 aliphatic heterocycles. The lowest BCUT2D eigenvalue weighted by Crippen LogP contribution is -2.29. The van der Waals surface area contributed by atoms with Crippen LogP contribution in [0.3, 0.4) is 0 Å². The molecule has 0 aliphatic carbocycles. The number of hydrogen-bond donors (Lipinski definition) is 0. The van der Waals surface area contributed by atoms with Crippen LogP contribution >= 0.6 is 27.5 Å². The molecule has 0 aliphatic rings. The smallest absolute Gasteiger partial charge is 0.318 e. The lowest BCUT2D eigenvalue weighted by molar-refractivity contribution is 0.201. The molecule has 1 unspecified atom stereocenters. The highest BCUT2D eigenvalue weighted by atomic mass is 79.9. The van der Waals surface area contributed by atoms with Gasteiger partial charge in [-0.3, -0.25) is 0 Å². The van der Waals surface area contributed by atoms with Gasteiger partial charge < -0.3 is 14.4 Å². The zero-order valence-corrected chi connectivity index (χ0v) is 12.3. The van der Waals surface area contributed by atoms with E-state index in [0.29, 0.717) is 30.0 Å². The molecule has 1 heterocycles. The summed E-state index contributed by atoms with van der Waals surface area (Å²) in [5, 5.41) is 0.491. The van der Waals surface area contributed by atoms with Gasteiger partial charge in [0.2, 0.25) is 0 Å². The van der Waals surface area contributed by atoms with Crippen LogP contribution in [0, 0.1) is 0 Å². The van der Waals surface area contributed by atoms with Crippen molar-refractivity contribution in [2.45, 2.75) is 4.83 Å². The van der Waals surface area contributed by atoms with E-state index < -0.39 is 0 Å². The number of halogens is 2. The van der Waals surface area contributed by atoms with E-state index in [1.165, 1.54) is 13.3 Å². The second-order valence-electron chi connectivity index (χ2n) is 3.46. The number of hydrogen-bond acceptors (Lipinski definition) is 5. The van der Waals surface area contributed by atoms with Crippen molar-refractivity contribution in [1.82, 2.24) is 9.97 Å². The quantitative estimate of drug-likeness (QED) is 0.749. The molecule has 0 saturated heterocycles. The first-order valence-electron chi connectivity index (χ1n) is 4.99. The highest BCUT2D eigenvalue weighted by Crippen LogP contribution is 2.24. The van der Waals surface area contributed by atoms with Crippen molar-refractivity contribution in [3.8, 4) is 6.01 Å². The Morgan fingerprint density at radius 3 is 2.82 bits per heavy atom. The van der Waals surface area contributed by atoms with E-state index in [4.69, 9.17) is 21.1 Å². The summed E-state index contributed by atoms with van der Waals surface area (Å²) in [7, 11) is 5.08. The third kappa shape index (κ3) is 4.29. The zero-order chi connectivity index (χ0) is 12.8. The maximum absolute atomic E-state index is 6.04. The number of rotatable bonds is 6. The van der Waals surface area contributed by atoms with Gasteiger partial charge in [0.05, 0.1) is 24.7 Å². The Morgan fingerprint density at radius 1 is 1.53 bits per heavy atom. The molecule has 1 aromatic rings. The molecule has 5 nitrogen and oxygen atoms in total. The second-order valence-corrected chi connectivity index (χ2v) is 5.16.